The van der Waals surface area contributed by atoms with Crippen molar-refractivity contribution >= 4 is 115 Å². The van der Waals surface area contributed by atoms with Crippen LogP contribution in [0, 0.1) is 13.1 Å². The van der Waals surface area contributed by atoms with Gasteiger partial charge in [-0.05, 0) is 81.1 Å². The number of nitrogens with one attached hydrogen (secondary N) is 2. The van der Waals surface area contributed by atoms with Crippen molar-refractivity contribution in [2.45, 2.75) is 35.3 Å². The number of rotatable bonds is 7. The van der Waals surface area contributed by atoms with Gasteiger partial charge in [0.2, 0.25) is 11.8 Å². The van der Waals surface area contributed by atoms with Crippen LogP contribution in [0.25, 0.3) is 0 Å². The normalized spacial score (nSPS) is 20.3. The fraction of sp³-hybridized carbons (Fsp3) is 0.375. The number of anilines is 1. The largest absolute Gasteiger partial charge is 0.389 e. The molecule has 6 nitrogen and oxygen atoms in total. The Kier molecular flexibility index (Phi) is 9.49. The monoisotopic (exact) mass is 847 g/mol. The molecule has 210 valence electrons. The molecule has 2 aromatic carbocycles. The summed E-state index contributed by atoms with van der Waals surface area (Å²) in [5.74, 6) is -2.89. The first-order valence-electron chi connectivity index (χ1n) is 11.4. The zero-order chi connectivity index (χ0) is 28.9. The van der Waals surface area contributed by atoms with Gasteiger partial charge in [0, 0.05) is 38.3 Å². The van der Waals surface area contributed by atoms with E-state index in [4.69, 9.17) is 46.4 Å². The van der Waals surface area contributed by atoms with Crippen molar-refractivity contribution in [2.24, 2.45) is 5.92 Å². The maximum atomic E-state index is 13.1. The number of amides is 3. The summed E-state index contributed by atoms with van der Waals surface area (Å²) in [6, 6.07) is 7.53. The first-order chi connectivity index (χ1) is 18.1. The van der Waals surface area contributed by atoms with Crippen LogP contribution in [-0.4, -0.2) is 52.3 Å². The highest BCUT2D eigenvalue weighted by Crippen LogP contribution is 2.65. The molecule has 0 aromatic heterocycles. The van der Waals surface area contributed by atoms with Crippen molar-refractivity contribution < 1.29 is 27.6 Å². The summed E-state index contributed by atoms with van der Waals surface area (Å²) in [4.78, 5) is 39.0. The molecule has 1 saturated heterocycles. The fourth-order valence-corrected chi connectivity index (χ4v) is 6.64. The van der Waals surface area contributed by atoms with Crippen LogP contribution in [0.3, 0.4) is 0 Å². The number of nitrogens with zero attached hydrogens (tertiary/aromatic N) is 1. The Labute approximate surface area is 268 Å². The Bertz CT molecular complexity index is 1320. The first kappa shape index (κ1) is 31.2. The summed E-state index contributed by atoms with van der Waals surface area (Å²) < 4.78 is 37.4. The van der Waals surface area contributed by atoms with Crippen LogP contribution in [0.5, 0.6) is 0 Å². The van der Waals surface area contributed by atoms with Crippen LogP contribution in [0.15, 0.2) is 30.3 Å². The predicted octanol–water partition coefficient (Wildman–Crippen LogP) is 7.01. The molecular formula is C24H18Cl4F3I2N3O3. The second kappa shape index (κ2) is 11.9. The van der Waals surface area contributed by atoms with E-state index in [9.17, 15) is 27.6 Å². The number of hydrogen-bond donors (Lipinski definition) is 2. The highest BCUT2D eigenvalue weighted by molar-refractivity contribution is 14.1. The SMILES string of the molecule is O=C(NC1CN(C(=O)CCC(F)(F)F)C1)c1cc(NC(=O)C2C(c3cc(Cl)c(I)c(I)c3)C2(Cl)Cl)ccc1Cl. The third-order valence-corrected chi connectivity index (χ3v) is 11.3. The molecule has 2 N–H and O–H groups in total. The molecule has 1 aliphatic heterocycles. The standard InChI is InChI=1S/C24H18Cl4F3I2N3O3/c25-14-2-1-11(7-13(14)21(38)35-12-8-36(9-12)17(37)3-4-23(29,30)31)34-22(39)19-18(24(19,27)28)10-5-15(26)20(33)16(32)6-10/h1-2,5-7,12,18-19H,3-4,8-9H2,(H,34,39)(H,35,38). The van der Waals surface area contributed by atoms with E-state index in [1.807, 2.05) is 6.07 Å². The third-order valence-electron chi connectivity index (χ3n) is 6.37. The summed E-state index contributed by atoms with van der Waals surface area (Å²) in [6.07, 6.45) is -6.24. The van der Waals surface area contributed by atoms with Crippen molar-refractivity contribution in [1.82, 2.24) is 10.2 Å². The average Bonchev–Trinajstić information content (AvgIpc) is 3.40. The molecule has 0 radical (unpaired) electrons. The highest BCUT2D eigenvalue weighted by Gasteiger charge is 2.67. The third kappa shape index (κ3) is 7.19. The van der Waals surface area contributed by atoms with Crippen LogP contribution < -0.4 is 10.6 Å². The lowest BCUT2D eigenvalue weighted by molar-refractivity contribution is -0.151. The number of likely N-dealkylation sites (tertiary alicyclic amines) is 1. The zero-order valence-electron chi connectivity index (χ0n) is 19.5. The molecule has 2 atom stereocenters. The summed E-state index contributed by atoms with van der Waals surface area (Å²) in [5.41, 5.74) is 1.10. The Morgan fingerprint density at radius 1 is 1.05 bits per heavy atom. The van der Waals surface area contributed by atoms with Gasteiger partial charge in [0.1, 0.15) is 4.33 Å². The maximum Gasteiger partial charge on any atom is 0.389 e. The van der Waals surface area contributed by atoms with Gasteiger partial charge in [-0.25, -0.2) is 0 Å². The molecule has 1 saturated carbocycles. The molecular weight excluding hydrogens is 831 g/mol. The Morgan fingerprint density at radius 3 is 2.33 bits per heavy atom. The van der Waals surface area contributed by atoms with E-state index < -0.39 is 59.0 Å². The Balaban J connectivity index is 1.36. The van der Waals surface area contributed by atoms with Crippen LogP contribution in [-0.2, 0) is 9.59 Å². The molecule has 2 fully saturated rings. The van der Waals surface area contributed by atoms with Gasteiger partial charge < -0.3 is 15.5 Å². The van der Waals surface area contributed by atoms with E-state index in [1.165, 1.54) is 23.1 Å². The summed E-state index contributed by atoms with van der Waals surface area (Å²) >= 11 is 29.7. The van der Waals surface area contributed by atoms with Crippen molar-refractivity contribution in [2.75, 3.05) is 18.4 Å². The number of benzene rings is 2. The second-order valence-corrected chi connectivity index (χ2v) is 13.7. The number of alkyl halides is 5. The van der Waals surface area contributed by atoms with Crippen LogP contribution >= 0.6 is 91.6 Å². The van der Waals surface area contributed by atoms with Gasteiger partial charge in [-0.1, -0.05) is 23.2 Å². The minimum atomic E-state index is -4.41. The molecule has 0 spiro atoms. The van der Waals surface area contributed by atoms with Gasteiger partial charge in [0.05, 0.1) is 34.0 Å². The van der Waals surface area contributed by atoms with E-state index in [0.717, 1.165) is 12.7 Å². The lowest BCUT2D eigenvalue weighted by Gasteiger charge is -2.39. The molecule has 15 heteroatoms. The highest BCUT2D eigenvalue weighted by atomic mass is 127. The number of carbonyl (C=O) groups is 3. The smallest absolute Gasteiger partial charge is 0.346 e. The summed E-state index contributed by atoms with van der Waals surface area (Å²) in [7, 11) is 0. The molecule has 2 aromatic rings. The molecule has 4 rings (SSSR count). The Morgan fingerprint density at radius 2 is 1.72 bits per heavy atom. The lowest BCUT2D eigenvalue weighted by Crippen LogP contribution is -2.61. The zero-order valence-corrected chi connectivity index (χ0v) is 26.9. The van der Waals surface area contributed by atoms with Crippen LogP contribution in [0.4, 0.5) is 18.9 Å². The molecule has 1 heterocycles. The molecule has 2 unspecified atom stereocenters. The van der Waals surface area contributed by atoms with Crippen LogP contribution in [0.1, 0.15) is 34.7 Å². The van der Waals surface area contributed by atoms with Crippen molar-refractivity contribution in [1.29, 1.82) is 0 Å². The van der Waals surface area contributed by atoms with E-state index in [2.05, 4.69) is 55.8 Å². The minimum absolute atomic E-state index is 0.0747. The van der Waals surface area contributed by atoms with Gasteiger partial charge in [-0.3, -0.25) is 14.4 Å². The molecule has 39 heavy (non-hydrogen) atoms. The quantitative estimate of drug-likeness (QED) is 0.179. The second-order valence-electron chi connectivity index (χ2n) is 9.20. The van der Waals surface area contributed by atoms with E-state index >= 15 is 0 Å². The first-order valence-corrected chi connectivity index (χ1v) is 15.0. The van der Waals surface area contributed by atoms with E-state index in [0.29, 0.717) is 5.02 Å². The summed E-state index contributed by atoms with van der Waals surface area (Å²) in [5, 5.41) is 6.07. The number of halogens is 9. The molecule has 2 aliphatic rings. The van der Waals surface area contributed by atoms with Gasteiger partial charge in [0.15, 0.2) is 0 Å². The van der Waals surface area contributed by atoms with E-state index in [1.54, 1.807) is 6.07 Å². The van der Waals surface area contributed by atoms with Gasteiger partial charge in [0.25, 0.3) is 5.91 Å². The minimum Gasteiger partial charge on any atom is -0.346 e. The van der Waals surface area contributed by atoms with Crippen molar-refractivity contribution in [3.63, 3.8) is 0 Å². The van der Waals surface area contributed by atoms with Gasteiger partial charge in [-0.15, -0.1) is 23.2 Å². The van der Waals surface area contributed by atoms with Gasteiger partial charge in [-0.2, -0.15) is 13.2 Å². The molecule has 3 amide bonds. The Hall–Kier alpha value is -0.740. The summed E-state index contributed by atoms with van der Waals surface area (Å²) in [6.45, 7) is 0.184. The van der Waals surface area contributed by atoms with Crippen molar-refractivity contribution in [3.05, 3.63) is 58.6 Å². The number of carbonyl (C=O) groups excluding carboxylic acids is 3. The lowest BCUT2D eigenvalue weighted by atomic mass is 10.1. The predicted molar refractivity (Wildman–Crippen MR) is 161 cm³/mol. The topological polar surface area (TPSA) is 78.5 Å². The molecule has 0 bridgehead atoms. The van der Waals surface area contributed by atoms with Crippen LogP contribution in [0.2, 0.25) is 10.0 Å². The number of hydrogen-bond acceptors (Lipinski definition) is 3. The fourth-order valence-electron chi connectivity index (χ4n) is 4.26. The molecule has 1 aliphatic carbocycles. The maximum absolute atomic E-state index is 13.1. The average molecular weight is 849 g/mol. The van der Waals surface area contributed by atoms with Crippen molar-refractivity contribution in [3.8, 4) is 0 Å². The van der Waals surface area contributed by atoms with E-state index in [-0.39, 0.29) is 29.4 Å². The van der Waals surface area contributed by atoms with Gasteiger partial charge >= 0.3 is 6.18 Å².